The molecule has 5 heterocycles. The van der Waals surface area contributed by atoms with Gasteiger partial charge in [0.05, 0.1) is 0 Å². The molecule has 0 saturated carbocycles. The Hall–Kier alpha value is -9.68. The Bertz CT molecular complexity index is 4950. The minimum atomic E-state index is -0.426. The minimum absolute atomic E-state index is 0.283. The maximum absolute atomic E-state index is 12.2. The van der Waals surface area contributed by atoms with Crippen LogP contribution in [0.2, 0.25) is 0 Å². The van der Waals surface area contributed by atoms with E-state index < -0.39 is 43.3 Å². The van der Waals surface area contributed by atoms with Gasteiger partial charge in [-0.1, -0.05) is 239 Å². The number of benzene rings is 8. The molecule has 12 heteroatoms. The lowest BCUT2D eigenvalue weighted by Crippen LogP contribution is -2.17. The van der Waals surface area contributed by atoms with Crippen LogP contribution in [0.15, 0.2) is 121 Å². The molecule has 2 aliphatic heterocycles. The molecule has 3 aromatic heterocycles. The van der Waals surface area contributed by atoms with E-state index in [2.05, 4.69) is 297 Å². The lowest BCUT2D eigenvalue weighted by molar-refractivity contribution is 0.422. The number of hydrogen-bond acceptors (Lipinski definition) is 10. The van der Waals surface area contributed by atoms with Crippen LogP contribution in [-0.4, -0.2) is 60.3 Å². The minimum Gasteiger partial charge on any atom is -0.507 e. The number of phenols is 4. The van der Waals surface area contributed by atoms with Gasteiger partial charge in [0, 0.05) is 88.3 Å². The summed E-state index contributed by atoms with van der Waals surface area (Å²) in [6.45, 7) is 51.2. The number of rotatable bonds is 4. The van der Waals surface area contributed by atoms with Crippen molar-refractivity contribution >= 4 is 44.1 Å². The summed E-state index contributed by atoms with van der Waals surface area (Å²) in [6.07, 6.45) is 0. The molecule has 8 aromatic carbocycles. The Morgan fingerprint density at radius 1 is 0.240 bits per heavy atom. The number of fused-ring (bicyclic) bond motifs is 20. The van der Waals surface area contributed by atoms with Crippen LogP contribution in [0.5, 0.6) is 23.0 Å². The molecule has 0 spiro atoms. The Morgan fingerprint density at radius 2 is 0.450 bits per heavy atom. The average molecular weight is 1330 g/mol. The standard InChI is InChI=1S/C88H98N8O4/c1-81(2,3)57-37-45(38-58(69(57)97)82(4,5)6)49-29-25-33-53-65(49)77-89-73(53)94-78-67-51(47-41-61(85(13,14)15)71(99)62(42-47)86(16,17)18)31-27-35-55(67)75(91-78)96-80-68-52(48-43-63(87(19,20)21)72(100)64(44-48)88(22,23)24)32-28-36-56(68)76(92-80)95-79-66-50(30-26-34-54(66)74(90-79)93-77)46-39-59(83(7,8)9)70(98)60(40-46)84(10,11)12/h25-44,97-100H,1-24H3,(H2,89,90,91,92,93,94,95,96). The number of nitrogens with one attached hydrogen (secondary N) is 2. The van der Waals surface area contributed by atoms with Crippen LogP contribution in [0, 0.1) is 0 Å². The SMILES string of the molecule is CC(C)(C)c1cc(-c2cccc3c2-c2nc-3nc3[nH]c(nc4nc(nc5[nH]c(n2)c2cccc(-c6cc(C(C)(C)C)c(O)c(C(C)(C)C)c6)c52)-c2cccc(-c5cc(C(C)(C)C)c(O)c(C(C)(C)C)c5)c2-4)c2cccc(-c4cc(C(C)(C)C)c(O)c(C(C)(C)C)c4)c32)cc(C(C)(C)C)c1O. The topological polar surface area (TPSA) is 190 Å². The Labute approximate surface area is 589 Å². The van der Waals surface area contributed by atoms with Crippen molar-refractivity contribution in [1.29, 1.82) is 0 Å². The van der Waals surface area contributed by atoms with E-state index in [-0.39, 0.29) is 23.0 Å². The zero-order valence-corrected chi connectivity index (χ0v) is 63.0. The first-order valence-corrected chi connectivity index (χ1v) is 35.2. The molecule has 12 nitrogen and oxygen atoms in total. The Kier molecular flexibility index (Phi) is 15.8. The normalized spacial score (nSPS) is 13.4. The number of nitrogens with zero attached hydrogens (tertiary/aromatic N) is 6. The number of aromatic nitrogens is 8. The summed E-state index contributed by atoms with van der Waals surface area (Å²) in [5.74, 6) is 2.81. The first kappa shape index (κ1) is 68.8. The lowest BCUT2D eigenvalue weighted by Gasteiger charge is -2.28. The van der Waals surface area contributed by atoms with Gasteiger partial charge in [-0.25, -0.2) is 29.9 Å². The van der Waals surface area contributed by atoms with Gasteiger partial charge < -0.3 is 30.4 Å². The zero-order valence-electron chi connectivity index (χ0n) is 63.0. The number of H-pyrrole nitrogens is 2. The third-order valence-electron chi connectivity index (χ3n) is 20.1. The lowest BCUT2D eigenvalue weighted by atomic mass is 9.77. The van der Waals surface area contributed by atoms with Gasteiger partial charge in [0.2, 0.25) is 0 Å². The molecule has 2 aliphatic rings. The van der Waals surface area contributed by atoms with E-state index in [4.69, 9.17) is 29.9 Å². The first-order valence-electron chi connectivity index (χ1n) is 35.2. The van der Waals surface area contributed by atoms with E-state index in [1.807, 2.05) is 0 Å². The Morgan fingerprint density at radius 3 is 0.700 bits per heavy atom. The van der Waals surface area contributed by atoms with Crippen molar-refractivity contribution in [2.45, 2.75) is 209 Å². The fourth-order valence-electron chi connectivity index (χ4n) is 14.7. The van der Waals surface area contributed by atoms with E-state index in [9.17, 15) is 20.4 Å². The summed E-state index contributed by atoms with van der Waals surface area (Å²) in [4.78, 5) is 41.8. The quantitative estimate of drug-likeness (QED) is 0.0989. The molecule has 8 bridgehead atoms. The number of phenolic OH excluding ortho intramolecular Hbond substituents is 4. The highest BCUT2D eigenvalue weighted by atomic mass is 16.3. The average Bonchev–Trinajstić information content (AvgIpc) is 1.54. The van der Waals surface area contributed by atoms with Crippen molar-refractivity contribution in [3.8, 4) is 113 Å². The Balaban J connectivity index is 1.25. The molecule has 0 radical (unpaired) electrons. The molecule has 6 N–H and O–H groups in total. The molecule has 0 fully saturated rings. The van der Waals surface area contributed by atoms with Crippen LogP contribution < -0.4 is 0 Å². The number of aromatic hydroxyl groups is 4. The molecule has 13 rings (SSSR count). The van der Waals surface area contributed by atoms with Crippen LogP contribution in [-0.2, 0) is 43.3 Å². The summed E-state index contributed by atoms with van der Waals surface area (Å²) in [5.41, 5.74) is 15.3. The van der Waals surface area contributed by atoms with E-state index in [0.717, 1.165) is 133 Å². The van der Waals surface area contributed by atoms with E-state index in [0.29, 0.717) is 45.9 Å². The molecule has 11 aromatic rings. The van der Waals surface area contributed by atoms with Crippen molar-refractivity contribution < 1.29 is 20.4 Å². The maximum Gasteiger partial charge on any atom is 0.165 e. The van der Waals surface area contributed by atoms with Crippen LogP contribution >= 0.6 is 0 Å². The summed E-state index contributed by atoms with van der Waals surface area (Å²) >= 11 is 0. The molecule has 100 heavy (non-hydrogen) atoms. The summed E-state index contributed by atoms with van der Waals surface area (Å²) in [5, 5.41) is 52.0. The summed E-state index contributed by atoms with van der Waals surface area (Å²) < 4.78 is 0. The largest absolute Gasteiger partial charge is 0.507 e. The molecule has 0 aliphatic carbocycles. The van der Waals surface area contributed by atoms with E-state index >= 15 is 0 Å². The van der Waals surface area contributed by atoms with Crippen LogP contribution in [0.4, 0.5) is 0 Å². The molecular formula is C88H98N8O4. The maximum atomic E-state index is 12.2. The summed E-state index contributed by atoms with van der Waals surface area (Å²) in [6, 6.07) is 41.9. The molecule has 0 amide bonds. The van der Waals surface area contributed by atoms with Crippen molar-refractivity contribution in [3.05, 3.63) is 166 Å². The van der Waals surface area contributed by atoms with E-state index in [1.165, 1.54) is 0 Å². The van der Waals surface area contributed by atoms with Gasteiger partial charge in [0.1, 0.15) is 45.6 Å². The second-order valence-electron chi connectivity index (χ2n) is 36.2. The predicted octanol–water partition coefficient (Wildman–Crippen LogP) is 22.7. The molecule has 0 atom stereocenters. The van der Waals surface area contributed by atoms with Crippen molar-refractivity contribution in [2.75, 3.05) is 0 Å². The first-order chi connectivity index (χ1) is 46.3. The second-order valence-corrected chi connectivity index (χ2v) is 36.2. The fourth-order valence-corrected chi connectivity index (χ4v) is 14.7. The van der Waals surface area contributed by atoms with E-state index in [1.54, 1.807) is 0 Å². The van der Waals surface area contributed by atoms with Crippen molar-refractivity contribution in [2.24, 2.45) is 0 Å². The smallest absolute Gasteiger partial charge is 0.165 e. The number of hydrogen-bond donors (Lipinski definition) is 6. The van der Waals surface area contributed by atoms with Crippen LogP contribution in [0.3, 0.4) is 0 Å². The van der Waals surface area contributed by atoms with Crippen molar-refractivity contribution in [1.82, 2.24) is 39.9 Å². The number of aromatic amines is 2. The highest BCUT2D eigenvalue weighted by Crippen LogP contribution is 2.52. The van der Waals surface area contributed by atoms with Crippen LogP contribution in [0.25, 0.3) is 134 Å². The van der Waals surface area contributed by atoms with Gasteiger partial charge in [0.15, 0.2) is 23.3 Å². The predicted molar refractivity (Wildman–Crippen MR) is 414 cm³/mol. The highest BCUT2D eigenvalue weighted by molar-refractivity contribution is 6.14. The fraction of sp³-hybridized carbons (Fsp3) is 0.364. The molecule has 0 unspecified atom stereocenters. The molecule has 0 saturated heterocycles. The van der Waals surface area contributed by atoms with Crippen LogP contribution in [0.1, 0.15) is 211 Å². The van der Waals surface area contributed by atoms with Gasteiger partial charge in [-0.2, -0.15) is 0 Å². The monoisotopic (exact) mass is 1330 g/mol. The van der Waals surface area contributed by atoms with Gasteiger partial charge in [-0.3, -0.25) is 0 Å². The third-order valence-corrected chi connectivity index (χ3v) is 20.1. The third kappa shape index (κ3) is 11.9. The molecular weight excluding hydrogens is 1230 g/mol. The second kappa shape index (κ2) is 22.9. The van der Waals surface area contributed by atoms with Gasteiger partial charge >= 0.3 is 0 Å². The van der Waals surface area contributed by atoms with Gasteiger partial charge in [-0.15, -0.1) is 0 Å². The highest BCUT2D eigenvalue weighted by Gasteiger charge is 2.35. The van der Waals surface area contributed by atoms with Gasteiger partial charge in [-0.05, 0) is 136 Å². The molecule has 514 valence electrons. The summed E-state index contributed by atoms with van der Waals surface area (Å²) in [7, 11) is 0. The zero-order chi connectivity index (χ0) is 72.6. The van der Waals surface area contributed by atoms with Gasteiger partial charge in [0.25, 0.3) is 0 Å². The van der Waals surface area contributed by atoms with Crippen molar-refractivity contribution in [3.63, 3.8) is 0 Å².